The van der Waals surface area contributed by atoms with Crippen LogP contribution in [0, 0.1) is 5.92 Å². The van der Waals surface area contributed by atoms with Crippen LogP contribution < -0.4 is 5.32 Å². The van der Waals surface area contributed by atoms with E-state index in [0.29, 0.717) is 28.7 Å². The molecule has 0 aliphatic heterocycles. The van der Waals surface area contributed by atoms with Gasteiger partial charge < -0.3 is 15.3 Å². The Morgan fingerprint density at radius 3 is 2.70 bits per heavy atom. The fraction of sp³-hybridized carbons (Fsp3) is 0.647. The molecule has 2 rings (SSSR count). The lowest BCUT2D eigenvalue weighted by Gasteiger charge is -2.31. The van der Waals surface area contributed by atoms with Crippen LogP contribution in [0.2, 0.25) is 5.02 Å². The Morgan fingerprint density at radius 2 is 2.13 bits per heavy atom. The first-order valence-electron chi connectivity index (χ1n) is 8.27. The van der Waals surface area contributed by atoms with Gasteiger partial charge in [-0.1, -0.05) is 30.9 Å². The number of aromatic nitrogens is 1. The van der Waals surface area contributed by atoms with E-state index in [0.717, 1.165) is 0 Å². The van der Waals surface area contributed by atoms with Crippen molar-refractivity contribution in [2.45, 2.75) is 44.6 Å². The molecule has 1 aliphatic rings. The third-order valence-electron chi connectivity index (χ3n) is 4.48. The fourth-order valence-electron chi connectivity index (χ4n) is 3.20. The predicted molar refractivity (Wildman–Crippen MR) is 93.0 cm³/mol. The molecule has 6 heteroatoms. The molecule has 128 valence electrons. The number of nitrogens with zero attached hydrogens (tertiary/aromatic N) is 2. The zero-order chi connectivity index (χ0) is 16.8. The molecule has 1 heterocycles. The van der Waals surface area contributed by atoms with Crippen molar-refractivity contribution in [2.75, 3.05) is 26.0 Å². The Morgan fingerprint density at radius 1 is 1.43 bits per heavy atom. The molecule has 1 aromatic rings. The van der Waals surface area contributed by atoms with Crippen molar-refractivity contribution < 1.29 is 9.90 Å². The molecular formula is C17H26ClN3O2. The van der Waals surface area contributed by atoms with Gasteiger partial charge in [0.25, 0.3) is 5.91 Å². The van der Waals surface area contributed by atoms with E-state index in [4.69, 9.17) is 11.6 Å². The summed E-state index contributed by atoms with van der Waals surface area (Å²) in [4.78, 5) is 17.8. The van der Waals surface area contributed by atoms with Crippen LogP contribution in [0.1, 0.15) is 48.9 Å². The molecule has 1 amide bonds. The molecule has 5 nitrogen and oxygen atoms in total. The number of hydrogen-bond donors (Lipinski definition) is 2. The highest BCUT2D eigenvalue weighted by atomic mass is 35.5. The summed E-state index contributed by atoms with van der Waals surface area (Å²) in [7, 11) is 3.39. The highest BCUT2D eigenvalue weighted by Gasteiger charge is 2.24. The number of anilines is 1. The van der Waals surface area contributed by atoms with Crippen molar-refractivity contribution in [3.8, 4) is 0 Å². The molecule has 1 saturated carbocycles. The Hall–Kier alpha value is -1.33. The van der Waals surface area contributed by atoms with Gasteiger partial charge in [0.1, 0.15) is 5.82 Å². The summed E-state index contributed by atoms with van der Waals surface area (Å²) in [6, 6.07) is 1.82. The van der Waals surface area contributed by atoms with E-state index in [2.05, 4.69) is 10.3 Å². The van der Waals surface area contributed by atoms with Crippen LogP contribution in [0.4, 0.5) is 5.82 Å². The van der Waals surface area contributed by atoms with E-state index in [9.17, 15) is 9.90 Å². The lowest BCUT2D eigenvalue weighted by molar-refractivity contribution is 0.0827. The number of hydrogen-bond acceptors (Lipinski definition) is 4. The molecule has 0 saturated heterocycles. The molecule has 2 N–H and O–H groups in total. The maximum Gasteiger partial charge on any atom is 0.254 e. The summed E-state index contributed by atoms with van der Waals surface area (Å²) in [5.41, 5.74) is 0.474. The topological polar surface area (TPSA) is 65.5 Å². The molecule has 0 aromatic carbocycles. The van der Waals surface area contributed by atoms with Gasteiger partial charge in [-0.2, -0.15) is 0 Å². The van der Waals surface area contributed by atoms with Gasteiger partial charge in [0, 0.05) is 32.9 Å². The quantitative estimate of drug-likeness (QED) is 0.835. The fourth-order valence-corrected chi connectivity index (χ4v) is 3.42. The second-order valence-corrected chi connectivity index (χ2v) is 6.82. The van der Waals surface area contributed by atoms with E-state index in [1.54, 1.807) is 26.4 Å². The summed E-state index contributed by atoms with van der Waals surface area (Å²) in [6.07, 6.45) is 8.35. The van der Waals surface area contributed by atoms with Gasteiger partial charge in [0.15, 0.2) is 0 Å². The maximum absolute atomic E-state index is 12.0. The summed E-state index contributed by atoms with van der Waals surface area (Å²) in [5.74, 6) is 1.01. The third kappa shape index (κ3) is 4.82. The molecule has 0 bridgehead atoms. The smallest absolute Gasteiger partial charge is 0.254 e. The van der Waals surface area contributed by atoms with Crippen molar-refractivity contribution in [3.05, 3.63) is 22.8 Å². The highest BCUT2D eigenvalue weighted by Crippen LogP contribution is 2.31. The monoisotopic (exact) mass is 339 g/mol. The van der Waals surface area contributed by atoms with Crippen LogP contribution in [0.25, 0.3) is 0 Å². The highest BCUT2D eigenvalue weighted by molar-refractivity contribution is 6.33. The Kier molecular flexibility index (Phi) is 6.66. The number of carbonyl (C=O) groups excluding carboxylic acids is 1. The number of carbonyl (C=O) groups is 1. The second-order valence-electron chi connectivity index (χ2n) is 6.42. The largest absolute Gasteiger partial charge is 0.396 e. The number of amides is 1. The standard InChI is InChI=1S/C17H26ClN3O2/c1-21(2)17(23)13-10-14(18)16(19-11-13)20-15(8-9-22)12-6-4-3-5-7-12/h10-12,15,22H,3-9H2,1-2H3,(H,19,20)/t15-/m0/s1. The first-order valence-corrected chi connectivity index (χ1v) is 8.65. The van der Waals surface area contributed by atoms with Gasteiger partial charge in [-0.15, -0.1) is 0 Å². The number of aliphatic hydroxyl groups is 1. The normalized spacial score (nSPS) is 16.9. The molecule has 1 aliphatic carbocycles. The van der Waals surface area contributed by atoms with E-state index in [1.165, 1.54) is 37.0 Å². The molecule has 0 spiro atoms. The van der Waals surface area contributed by atoms with Gasteiger partial charge in [-0.25, -0.2) is 4.98 Å². The molecule has 23 heavy (non-hydrogen) atoms. The van der Waals surface area contributed by atoms with Gasteiger partial charge in [0.05, 0.1) is 10.6 Å². The Labute approximate surface area is 143 Å². The van der Waals surface area contributed by atoms with Crippen LogP contribution in [-0.2, 0) is 0 Å². The Balaban J connectivity index is 2.11. The summed E-state index contributed by atoms with van der Waals surface area (Å²) < 4.78 is 0. The first-order chi connectivity index (χ1) is 11.0. The van der Waals surface area contributed by atoms with Crippen LogP contribution in [0.15, 0.2) is 12.3 Å². The van der Waals surface area contributed by atoms with Crippen molar-refractivity contribution in [3.63, 3.8) is 0 Å². The minimum Gasteiger partial charge on any atom is -0.396 e. The maximum atomic E-state index is 12.0. The zero-order valence-electron chi connectivity index (χ0n) is 13.9. The van der Waals surface area contributed by atoms with Gasteiger partial charge in [0.2, 0.25) is 0 Å². The molecule has 0 unspecified atom stereocenters. The third-order valence-corrected chi connectivity index (χ3v) is 4.76. The predicted octanol–water partition coefficient (Wildman–Crippen LogP) is 3.18. The number of rotatable bonds is 6. The molecule has 1 fully saturated rings. The lowest BCUT2D eigenvalue weighted by atomic mass is 9.83. The first kappa shape index (κ1) is 18.0. The number of pyridine rings is 1. The number of aliphatic hydroxyl groups excluding tert-OH is 1. The second kappa shape index (κ2) is 8.50. The van der Waals surface area contributed by atoms with Crippen molar-refractivity contribution in [1.82, 2.24) is 9.88 Å². The number of nitrogens with one attached hydrogen (secondary N) is 1. The molecule has 1 aromatic heterocycles. The van der Waals surface area contributed by atoms with E-state index >= 15 is 0 Å². The Bertz CT molecular complexity index is 531. The summed E-state index contributed by atoms with van der Waals surface area (Å²) in [5, 5.41) is 13.2. The van der Waals surface area contributed by atoms with E-state index in [-0.39, 0.29) is 18.6 Å². The average molecular weight is 340 g/mol. The van der Waals surface area contributed by atoms with Crippen molar-refractivity contribution in [1.29, 1.82) is 0 Å². The van der Waals surface area contributed by atoms with Crippen LogP contribution in [0.5, 0.6) is 0 Å². The average Bonchev–Trinajstić information content (AvgIpc) is 2.56. The molecule has 0 radical (unpaired) electrons. The van der Waals surface area contributed by atoms with Gasteiger partial charge in [-0.3, -0.25) is 4.79 Å². The lowest BCUT2D eigenvalue weighted by Crippen LogP contribution is -2.32. The zero-order valence-corrected chi connectivity index (χ0v) is 14.6. The SMILES string of the molecule is CN(C)C(=O)c1cnc(N[C@@H](CCO)C2CCCCC2)c(Cl)c1. The summed E-state index contributed by atoms with van der Waals surface area (Å²) >= 11 is 6.30. The molecule has 1 atom stereocenters. The molecular weight excluding hydrogens is 314 g/mol. The van der Waals surface area contributed by atoms with E-state index < -0.39 is 0 Å². The van der Waals surface area contributed by atoms with Crippen molar-refractivity contribution >= 4 is 23.3 Å². The number of halogens is 1. The van der Waals surface area contributed by atoms with Crippen LogP contribution >= 0.6 is 11.6 Å². The summed E-state index contributed by atoms with van der Waals surface area (Å²) in [6.45, 7) is 0.142. The minimum absolute atomic E-state index is 0.120. The van der Waals surface area contributed by atoms with E-state index in [1.807, 2.05) is 0 Å². The van der Waals surface area contributed by atoms with Gasteiger partial charge in [-0.05, 0) is 31.2 Å². The minimum atomic E-state index is -0.120. The van der Waals surface area contributed by atoms with Crippen molar-refractivity contribution in [2.24, 2.45) is 5.92 Å². The van der Waals surface area contributed by atoms with Gasteiger partial charge >= 0.3 is 0 Å². The van der Waals surface area contributed by atoms with Crippen LogP contribution in [0.3, 0.4) is 0 Å². The van der Waals surface area contributed by atoms with Crippen LogP contribution in [-0.4, -0.2) is 47.6 Å².